The SMILES string of the molecule is C#Cc1ccc(C(=O)NC[C@H]2O[C@@H]3O[C@H]4[C@H](O)[C@@H](O)[C@@H](O[C@H]5[C@H](O)[C@@H](O)[C@@H](O[C@H]6[C@H](O)[C@@H](O)[C@@H](O[C@H]7[C@H](O)[C@@H](O)[C@@H](O[C@H]8[C@H](O)[C@@H](O)[C@@H](O[C@H]9[C@H](O)[C@@H](O)[C@@H](O[C@H]%10[C@H](O)[C@@H](O)[C@@H](O[C@H]2[C@H](O)[C@H]3O)O[C@@H]%10CO)O[C@@H]9CO)O[C@@H]8CO)O[C@@H]7CO)O[C@@H]6CO)O[C@@H]5CO)O[C@@H]4CO)cc1. The average Bonchev–Trinajstić information content (AvgIpc) is 0.778. The van der Waals surface area contributed by atoms with Crippen molar-refractivity contribution < 1.29 is 198 Å². The number of carbonyl (C=O) groups is 1. The van der Waals surface area contributed by atoms with Crippen LogP contribution in [-0.2, 0) is 75.8 Å². The van der Waals surface area contributed by atoms with Gasteiger partial charge in [-0.25, -0.2) is 0 Å². The number of terminal acetylenes is 1. The van der Waals surface area contributed by atoms with E-state index in [-0.39, 0.29) is 5.56 Å². The molecule has 30 aliphatic rings. The Morgan fingerprint density at radius 3 is 0.633 bits per heavy atom. The lowest BCUT2D eigenvalue weighted by Gasteiger charge is -2.50. The van der Waals surface area contributed by atoms with Gasteiger partial charge in [0.15, 0.2) is 50.3 Å². The van der Waals surface area contributed by atoms with Gasteiger partial charge in [-0.05, 0) is 24.3 Å². The van der Waals surface area contributed by atoms with Gasteiger partial charge in [0.2, 0.25) is 0 Å². The Morgan fingerprint density at radius 2 is 0.459 bits per heavy atom. The van der Waals surface area contributed by atoms with Crippen molar-refractivity contribution in [1.82, 2.24) is 5.32 Å². The van der Waals surface area contributed by atoms with E-state index in [4.69, 9.17) is 82.2 Å². The smallest absolute Gasteiger partial charge is 0.251 e. The Morgan fingerprint density at radius 1 is 0.286 bits per heavy atom. The van der Waals surface area contributed by atoms with Gasteiger partial charge in [0.05, 0.1) is 46.2 Å². The van der Waals surface area contributed by atoms with Gasteiger partial charge >= 0.3 is 0 Å². The van der Waals surface area contributed by atoms with E-state index in [1.54, 1.807) is 0 Å². The molecule has 558 valence electrons. The second-order valence-electron chi connectivity index (χ2n) is 24.7. The summed E-state index contributed by atoms with van der Waals surface area (Å²) in [4.78, 5) is 13.5. The molecule has 30 fully saturated rings. The Balaban J connectivity index is 0.932. The number of rotatable bonds is 10. The van der Waals surface area contributed by atoms with Gasteiger partial charge in [0.25, 0.3) is 5.91 Å². The molecule has 1 aromatic carbocycles. The molecule has 41 heteroatoms. The van der Waals surface area contributed by atoms with Crippen molar-refractivity contribution in [3.63, 3.8) is 0 Å². The summed E-state index contributed by atoms with van der Waals surface area (Å²) in [6.45, 7) is -8.40. The number of carbonyl (C=O) groups excluding carboxylic acids is 1. The Bertz CT molecular complexity index is 2710. The molecule has 0 radical (unpaired) electrons. The van der Waals surface area contributed by atoms with Crippen molar-refractivity contribution in [1.29, 1.82) is 0 Å². The molecule has 41 nitrogen and oxygen atoms in total. The van der Waals surface area contributed by atoms with Crippen molar-refractivity contribution in [2.75, 3.05) is 52.8 Å². The zero-order valence-corrected chi connectivity index (χ0v) is 51.4. The van der Waals surface area contributed by atoms with Crippen molar-refractivity contribution in [3.8, 4) is 12.3 Å². The van der Waals surface area contributed by atoms with Crippen LogP contribution >= 0.6 is 0 Å². The topological polar surface area (TPSA) is 642 Å². The van der Waals surface area contributed by atoms with E-state index in [0.29, 0.717) is 5.56 Å². The molecule has 1 aromatic rings. The minimum Gasteiger partial charge on any atom is -0.394 e. The number of aliphatic hydroxyl groups is 23. The summed E-state index contributed by atoms with van der Waals surface area (Å²) in [7, 11) is 0. The highest BCUT2D eigenvalue weighted by Crippen LogP contribution is 2.40. The van der Waals surface area contributed by atoms with Crippen LogP contribution in [0, 0.1) is 12.3 Å². The zero-order chi connectivity index (χ0) is 71.0. The predicted octanol–water partition coefficient (Wildman–Crippen LogP) is -16.0. The monoisotopic (exact) mass is 1420 g/mol. The molecule has 98 heavy (non-hydrogen) atoms. The van der Waals surface area contributed by atoms with Crippen LogP contribution in [0.4, 0.5) is 0 Å². The Labute approximate surface area is 554 Å². The summed E-state index contributed by atoms with van der Waals surface area (Å²) >= 11 is 0. The number of amides is 1. The summed E-state index contributed by atoms with van der Waals surface area (Å²) < 4.78 is 92.6. The first-order valence-electron chi connectivity index (χ1n) is 31.2. The van der Waals surface area contributed by atoms with Crippen LogP contribution < -0.4 is 5.32 Å². The highest BCUT2D eigenvalue weighted by Gasteiger charge is 2.60. The molecule has 30 aliphatic heterocycles. The molecular weight excluding hydrogens is 1340 g/mol. The minimum absolute atomic E-state index is 0.0327. The van der Waals surface area contributed by atoms with Crippen molar-refractivity contribution >= 4 is 5.91 Å². The second-order valence-corrected chi connectivity index (χ2v) is 24.7. The number of aliphatic hydroxyl groups excluding tert-OH is 23. The fraction of sp³-hybridized carbons (Fsp3) is 0.842. The van der Waals surface area contributed by atoms with E-state index in [1.807, 2.05) is 0 Å². The molecule has 0 saturated carbocycles. The van der Waals surface area contributed by atoms with Crippen molar-refractivity contribution in [2.45, 2.75) is 246 Å². The van der Waals surface area contributed by atoms with Crippen LogP contribution in [0.3, 0.4) is 0 Å². The maximum atomic E-state index is 13.5. The molecule has 16 bridgehead atoms. The van der Waals surface area contributed by atoms with Crippen LogP contribution in [0.1, 0.15) is 15.9 Å². The molecule has 30 heterocycles. The lowest BCUT2D eigenvalue weighted by Crippen LogP contribution is -2.69. The van der Waals surface area contributed by atoms with E-state index in [1.165, 1.54) is 24.3 Å². The Kier molecular flexibility index (Phi) is 26.2. The quantitative estimate of drug-likeness (QED) is 0.0967. The first-order chi connectivity index (χ1) is 46.8. The lowest BCUT2D eigenvalue weighted by atomic mass is 9.94. The molecule has 30 saturated heterocycles. The average molecular weight is 1420 g/mol. The number of nitrogens with one attached hydrogen (secondary N) is 1. The summed E-state index contributed by atoms with van der Waals surface area (Å²) in [5, 5.41) is 261. The standard InChI is InChI=1S/C57H85NO40/c1-2-15-3-5-16(6-4-15)49(82)58-7-17-41-25(66)33(74)50(83-17)92-42-18(8-59)85-52(35(76)27(42)68)94-44-20(10-61)87-54(37(78)29(44)70)96-46-22(12-63)89-56(39(80)31(46)72)98-48-24(14-65)90-57(40(81)32(48)73)97-47-23(13-64)88-55(38(79)30(47)71)95-45-21(11-62)86-53(36(77)28(45)69)93-43-19(9-60)84-51(91-41)34(75)26(43)67/h1,3-6,17-48,50-57,59-81H,7-14H2,(H,58,82)/t17-,18-,19-,20-,21-,22-,23-,24-,25-,26-,27-,28-,29-,30-,31-,32-,33-,34-,35-,36-,37-,38-,39-,40-,41-,42-,43-,44-,45-,46-,47-,48-,50-,51-,52-,53-,54-,55-,56-,57-/m1/s1. The summed E-state index contributed by atoms with van der Waals surface area (Å²) in [5.74, 6) is 1.59. The maximum Gasteiger partial charge on any atom is 0.251 e. The van der Waals surface area contributed by atoms with E-state index < -0.39 is 304 Å². The molecular formula is C57H85NO40. The molecule has 0 spiro atoms. The number of benzene rings is 1. The number of hydrogen-bond donors (Lipinski definition) is 24. The van der Waals surface area contributed by atoms with Gasteiger partial charge in [-0.1, -0.05) is 5.92 Å². The Hall–Kier alpha value is -3.31. The van der Waals surface area contributed by atoms with Crippen LogP contribution in [0.5, 0.6) is 0 Å². The first-order valence-corrected chi connectivity index (χ1v) is 31.2. The summed E-state index contributed by atoms with van der Waals surface area (Å²) in [6, 6.07) is 5.59. The molecule has 0 aliphatic carbocycles. The molecule has 40 atom stereocenters. The van der Waals surface area contributed by atoms with Crippen LogP contribution in [0.15, 0.2) is 24.3 Å². The van der Waals surface area contributed by atoms with Gasteiger partial charge in [-0.3, -0.25) is 4.79 Å². The molecule has 24 N–H and O–H groups in total. The van der Waals surface area contributed by atoms with Gasteiger partial charge < -0.3 is 199 Å². The first kappa shape index (κ1) is 77.3. The third-order valence-electron chi connectivity index (χ3n) is 18.5. The fourth-order valence-corrected chi connectivity index (χ4v) is 12.9. The van der Waals surface area contributed by atoms with E-state index in [2.05, 4.69) is 11.2 Å². The third kappa shape index (κ3) is 15.6. The zero-order valence-electron chi connectivity index (χ0n) is 51.4. The molecule has 0 aromatic heterocycles. The molecule has 31 rings (SSSR count). The number of ether oxygens (including phenoxy) is 16. The van der Waals surface area contributed by atoms with Gasteiger partial charge in [-0.2, -0.15) is 0 Å². The van der Waals surface area contributed by atoms with Crippen molar-refractivity contribution in [3.05, 3.63) is 35.4 Å². The maximum absolute atomic E-state index is 13.5. The highest BCUT2D eigenvalue weighted by atomic mass is 16.8. The van der Waals surface area contributed by atoms with Crippen LogP contribution in [0.25, 0.3) is 0 Å². The van der Waals surface area contributed by atoms with E-state index in [9.17, 15) is 122 Å². The van der Waals surface area contributed by atoms with Gasteiger partial charge in [-0.15, -0.1) is 6.42 Å². The highest BCUT2D eigenvalue weighted by molar-refractivity contribution is 5.94. The largest absolute Gasteiger partial charge is 0.394 e. The van der Waals surface area contributed by atoms with Crippen molar-refractivity contribution in [2.24, 2.45) is 0 Å². The number of hydrogen-bond acceptors (Lipinski definition) is 40. The summed E-state index contributed by atoms with van der Waals surface area (Å²) in [5.41, 5.74) is 0.433. The lowest BCUT2D eigenvalue weighted by molar-refractivity contribution is -0.403. The second kappa shape index (κ2) is 33.2. The third-order valence-corrected chi connectivity index (χ3v) is 18.5. The van der Waals surface area contributed by atoms with Gasteiger partial charge in [0.1, 0.15) is 195 Å². The fourth-order valence-electron chi connectivity index (χ4n) is 12.9. The normalized spacial score (nSPS) is 50.7. The van der Waals surface area contributed by atoms with Gasteiger partial charge in [0, 0.05) is 17.7 Å². The molecule has 1 amide bonds. The predicted molar refractivity (Wildman–Crippen MR) is 301 cm³/mol. The molecule has 0 unspecified atom stereocenters. The minimum atomic E-state index is -2.31. The van der Waals surface area contributed by atoms with E-state index >= 15 is 0 Å². The summed E-state index contributed by atoms with van der Waals surface area (Å²) in [6.07, 6.45) is -77.7. The van der Waals surface area contributed by atoms with Crippen LogP contribution in [-0.4, -0.2) is 422 Å². The van der Waals surface area contributed by atoms with E-state index in [0.717, 1.165) is 0 Å². The van der Waals surface area contributed by atoms with Crippen LogP contribution in [0.2, 0.25) is 0 Å².